The Morgan fingerprint density at radius 1 is 1.05 bits per heavy atom. The Bertz CT molecular complexity index is 1360. The number of nitrogens with zero attached hydrogens (tertiary/aromatic N) is 2. The summed E-state index contributed by atoms with van der Waals surface area (Å²) < 4.78 is 6.03. The van der Waals surface area contributed by atoms with Crippen LogP contribution in [0.25, 0.3) is 0 Å². The van der Waals surface area contributed by atoms with Gasteiger partial charge in [0.05, 0.1) is 23.4 Å². The molecule has 3 fully saturated rings. The molecule has 8 nitrogen and oxygen atoms in total. The largest absolute Gasteiger partial charge is 0.503 e. The van der Waals surface area contributed by atoms with Gasteiger partial charge in [0.15, 0.2) is 21.2 Å². The molecule has 1 aromatic carbocycles. The van der Waals surface area contributed by atoms with Gasteiger partial charge in [-0.2, -0.15) is 0 Å². The molecular formula is C26H26Br2Cl2N2O6. The highest BCUT2D eigenvalue weighted by atomic mass is 79.9. The molecule has 0 radical (unpaired) electrons. The van der Waals surface area contributed by atoms with E-state index in [1.807, 2.05) is 6.08 Å². The standard InChI is InChI=1S/C26H26Br2Cl2N2O6/c1-24(2,3)32-20(34)11-7-6-10-13(15(11)21(32)35)9-25(29)22(36)31(4)23(37)26(25,30)16(10)12-8-14(38-5)19(33)18(28)17(12)27/h6,8,11,13,15-16,33H,7,9H2,1-5H3. The molecule has 0 aromatic heterocycles. The van der Waals surface area contributed by atoms with Crippen molar-refractivity contribution in [1.82, 2.24) is 9.80 Å². The van der Waals surface area contributed by atoms with E-state index >= 15 is 0 Å². The molecule has 6 unspecified atom stereocenters. The number of fused-ring (bicyclic) bond motifs is 4. The van der Waals surface area contributed by atoms with Crippen LogP contribution in [-0.2, 0) is 19.2 Å². The first-order valence-corrected chi connectivity index (χ1v) is 14.4. The molecule has 204 valence electrons. The first-order valence-electron chi connectivity index (χ1n) is 12.1. The molecule has 2 heterocycles. The third kappa shape index (κ3) is 3.32. The lowest BCUT2D eigenvalue weighted by atomic mass is 9.56. The monoisotopic (exact) mass is 690 g/mol. The van der Waals surface area contributed by atoms with E-state index in [1.54, 1.807) is 26.8 Å². The summed E-state index contributed by atoms with van der Waals surface area (Å²) in [5, 5.41) is 10.6. The number of rotatable bonds is 2. The summed E-state index contributed by atoms with van der Waals surface area (Å²) in [5.74, 6) is -4.91. The number of allylic oxidation sites excluding steroid dienone is 2. The summed E-state index contributed by atoms with van der Waals surface area (Å²) in [5.41, 5.74) is 0.375. The van der Waals surface area contributed by atoms with E-state index < -0.39 is 50.8 Å². The lowest BCUT2D eigenvalue weighted by molar-refractivity contribution is -0.146. The number of likely N-dealkylation sites (tertiary alicyclic amines) is 2. The van der Waals surface area contributed by atoms with Gasteiger partial charge in [-0.15, -0.1) is 23.2 Å². The predicted octanol–water partition coefficient (Wildman–Crippen LogP) is 4.71. The van der Waals surface area contributed by atoms with Crippen molar-refractivity contribution in [2.75, 3.05) is 14.2 Å². The lowest BCUT2D eigenvalue weighted by Gasteiger charge is -2.51. The van der Waals surface area contributed by atoms with Gasteiger partial charge < -0.3 is 9.84 Å². The van der Waals surface area contributed by atoms with Crippen LogP contribution in [0.2, 0.25) is 0 Å². The summed E-state index contributed by atoms with van der Waals surface area (Å²) in [4.78, 5) is 52.9. The van der Waals surface area contributed by atoms with Gasteiger partial charge in [-0.1, -0.05) is 11.6 Å². The van der Waals surface area contributed by atoms with Crippen molar-refractivity contribution in [2.24, 2.45) is 17.8 Å². The molecule has 4 aliphatic rings. The number of aromatic hydroxyl groups is 1. The zero-order valence-electron chi connectivity index (χ0n) is 21.3. The Kier molecular flexibility index (Phi) is 6.39. The Morgan fingerprint density at radius 3 is 2.26 bits per heavy atom. The van der Waals surface area contributed by atoms with Crippen molar-refractivity contribution >= 4 is 78.7 Å². The van der Waals surface area contributed by atoms with Crippen molar-refractivity contribution < 1.29 is 29.0 Å². The molecule has 0 bridgehead atoms. The Hall–Kier alpha value is -1.62. The fourth-order valence-corrected chi connectivity index (χ4v) is 8.69. The van der Waals surface area contributed by atoms with Crippen LogP contribution in [0, 0.1) is 17.8 Å². The van der Waals surface area contributed by atoms with E-state index in [-0.39, 0.29) is 40.6 Å². The molecule has 2 aliphatic heterocycles. The maximum atomic E-state index is 13.8. The molecule has 0 spiro atoms. The summed E-state index contributed by atoms with van der Waals surface area (Å²) >= 11 is 21.3. The van der Waals surface area contributed by atoms with Crippen LogP contribution in [0.1, 0.15) is 45.1 Å². The number of carbonyl (C=O) groups is 4. The molecule has 4 amide bonds. The van der Waals surface area contributed by atoms with Crippen LogP contribution in [-0.4, -0.2) is 68.0 Å². The Morgan fingerprint density at radius 2 is 1.68 bits per heavy atom. The van der Waals surface area contributed by atoms with Gasteiger partial charge in [0.1, 0.15) is 0 Å². The van der Waals surface area contributed by atoms with E-state index in [2.05, 4.69) is 31.9 Å². The number of halogens is 4. The number of carbonyl (C=O) groups excluding carboxylic acids is 4. The molecule has 2 saturated heterocycles. The number of benzene rings is 1. The minimum atomic E-state index is -1.94. The number of hydrogen-bond donors (Lipinski definition) is 1. The van der Waals surface area contributed by atoms with Gasteiger partial charge in [0.25, 0.3) is 11.8 Å². The van der Waals surface area contributed by atoms with Crippen LogP contribution in [0.3, 0.4) is 0 Å². The molecule has 5 rings (SSSR count). The topological polar surface area (TPSA) is 104 Å². The fraction of sp³-hybridized carbons (Fsp3) is 0.538. The third-order valence-electron chi connectivity index (χ3n) is 8.39. The Balaban J connectivity index is 1.78. The minimum Gasteiger partial charge on any atom is -0.503 e. The van der Waals surface area contributed by atoms with Crippen LogP contribution in [0.5, 0.6) is 11.5 Å². The van der Waals surface area contributed by atoms with Crippen LogP contribution < -0.4 is 4.74 Å². The number of methoxy groups -OCH3 is 1. The van der Waals surface area contributed by atoms with Crippen molar-refractivity contribution in [3.63, 3.8) is 0 Å². The second-order valence-corrected chi connectivity index (χ2v) is 14.2. The number of imide groups is 2. The van der Waals surface area contributed by atoms with E-state index in [9.17, 15) is 24.3 Å². The second-order valence-electron chi connectivity index (χ2n) is 11.3. The molecule has 6 atom stereocenters. The summed E-state index contributed by atoms with van der Waals surface area (Å²) in [7, 11) is 2.72. The third-order valence-corrected chi connectivity index (χ3v) is 12.0. The van der Waals surface area contributed by atoms with Gasteiger partial charge in [-0.3, -0.25) is 29.0 Å². The second kappa shape index (κ2) is 8.69. The SMILES string of the molecule is COc1cc(C2C3=CCC4C(=O)N(C(C)(C)C)C(=O)C4C3CC3(Cl)C(=O)N(C)C(=O)C23Cl)c(Br)c(Br)c1O. The maximum absolute atomic E-state index is 13.8. The van der Waals surface area contributed by atoms with Gasteiger partial charge >= 0.3 is 0 Å². The number of ether oxygens (including phenoxy) is 1. The quantitative estimate of drug-likeness (QED) is 0.274. The zero-order chi connectivity index (χ0) is 28.3. The molecule has 38 heavy (non-hydrogen) atoms. The van der Waals surface area contributed by atoms with Crippen molar-refractivity contribution in [3.05, 3.63) is 32.2 Å². The summed E-state index contributed by atoms with van der Waals surface area (Å²) in [6, 6.07) is 1.55. The zero-order valence-corrected chi connectivity index (χ0v) is 26.0. The first-order chi connectivity index (χ1) is 17.5. The average Bonchev–Trinajstić information content (AvgIpc) is 3.18. The van der Waals surface area contributed by atoms with E-state index in [4.69, 9.17) is 27.9 Å². The normalized spacial score (nSPS) is 34.8. The maximum Gasteiger partial charge on any atom is 0.253 e. The van der Waals surface area contributed by atoms with Crippen molar-refractivity contribution in [1.29, 1.82) is 0 Å². The summed E-state index contributed by atoms with van der Waals surface area (Å²) in [6.45, 7) is 5.41. The van der Waals surface area contributed by atoms with Crippen molar-refractivity contribution in [2.45, 2.75) is 54.8 Å². The molecule has 1 N–H and O–H groups in total. The summed E-state index contributed by atoms with van der Waals surface area (Å²) in [6.07, 6.45) is 2.06. The van der Waals surface area contributed by atoms with Gasteiger partial charge in [-0.25, -0.2) is 0 Å². The van der Waals surface area contributed by atoms with E-state index in [1.165, 1.54) is 19.1 Å². The van der Waals surface area contributed by atoms with Crippen LogP contribution in [0.15, 0.2) is 26.7 Å². The average molecular weight is 693 g/mol. The molecule has 1 saturated carbocycles. The smallest absolute Gasteiger partial charge is 0.253 e. The predicted molar refractivity (Wildman–Crippen MR) is 147 cm³/mol. The highest BCUT2D eigenvalue weighted by Crippen LogP contribution is 2.66. The van der Waals surface area contributed by atoms with E-state index in [0.29, 0.717) is 15.6 Å². The van der Waals surface area contributed by atoms with Crippen LogP contribution >= 0.6 is 55.1 Å². The number of phenolic OH excluding ortho intramolecular Hbond substituents is 1. The molecule has 1 aromatic rings. The van der Waals surface area contributed by atoms with Gasteiger partial charge in [0, 0.05) is 23.0 Å². The molecule has 2 aliphatic carbocycles. The highest BCUT2D eigenvalue weighted by Gasteiger charge is 2.76. The molecule has 12 heteroatoms. The number of hydrogen-bond acceptors (Lipinski definition) is 6. The number of alkyl halides is 2. The van der Waals surface area contributed by atoms with Crippen LogP contribution in [0.4, 0.5) is 0 Å². The van der Waals surface area contributed by atoms with Gasteiger partial charge in [-0.05, 0) is 83.0 Å². The molecular weight excluding hydrogens is 667 g/mol. The van der Waals surface area contributed by atoms with Crippen molar-refractivity contribution in [3.8, 4) is 11.5 Å². The number of phenols is 1. The Labute approximate surface area is 246 Å². The lowest BCUT2D eigenvalue weighted by Crippen LogP contribution is -2.60. The minimum absolute atomic E-state index is 0.0819. The van der Waals surface area contributed by atoms with Gasteiger partial charge in [0.2, 0.25) is 11.8 Å². The fourth-order valence-electron chi connectivity index (χ4n) is 6.73. The first kappa shape index (κ1) is 27.9. The number of amides is 4. The highest BCUT2D eigenvalue weighted by molar-refractivity contribution is 9.13. The van der Waals surface area contributed by atoms with E-state index in [0.717, 1.165) is 4.90 Å².